The largest absolute Gasteiger partial charge is 0.325 e. The second kappa shape index (κ2) is 9.90. The van der Waals surface area contributed by atoms with Gasteiger partial charge < -0.3 is 5.32 Å². The number of rotatable bonds is 7. The van der Waals surface area contributed by atoms with Gasteiger partial charge in [-0.2, -0.15) is 5.26 Å². The Balaban J connectivity index is 1.56. The van der Waals surface area contributed by atoms with Crippen molar-refractivity contribution in [1.82, 2.24) is 19.7 Å². The third-order valence-electron chi connectivity index (χ3n) is 4.77. The third kappa shape index (κ3) is 5.02. The SMILES string of the molecule is CC(Sc1nnc(-c2ccncc2)n1Cc1ccccc1)C(=O)Nc1ccc(C#N)cc1. The van der Waals surface area contributed by atoms with Gasteiger partial charge in [-0.15, -0.1) is 10.2 Å². The number of carbonyl (C=O) groups excluding carboxylic acids is 1. The predicted molar refractivity (Wildman–Crippen MR) is 124 cm³/mol. The maximum Gasteiger partial charge on any atom is 0.237 e. The molecule has 0 radical (unpaired) electrons. The van der Waals surface area contributed by atoms with Crippen LogP contribution >= 0.6 is 11.8 Å². The molecule has 0 bridgehead atoms. The van der Waals surface area contributed by atoms with Crippen molar-refractivity contribution in [2.75, 3.05) is 5.32 Å². The van der Waals surface area contributed by atoms with Crippen molar-refractivity contribution < 1.29 is 4.79 Å². The highest BCUT2D eigenvalue weighted by Gasteiger charge is 2.21. The highest BCUT2D eigenvalue weighted by atomic mass is 32.2. The Morgan fingerprint density at radius 3 is 2.47 bits per heavy atom. The molecular formula is C24H20N6OS. The van der Waals surface area contributed by atoms with Gasteiger partial charge in [-0.1, -0.05) is 42.1 Å². The van der Waals surface area contributed by atoms with Crippen molar-refractivity contribution in [2.24, 2.45) is 0 Å². The first kappa shape index (κ1) is 21.3. The van der Waals surface area contributed by atoms with Gasteiger partial charge in [0.2, 0.25) is 5.91 Å². The van der Waals surface area contributed by atoms with Gasteiger partial charge in [0.1, 0.15) is 0 Å². The molecule has 4 aromatic rings. The van der Waals surface area contributed by atoms with Gasteiger partial charge >= 0.3 is 0 Å². The van der Waals surface area contributed by atoms with Gasteiger partial charge in [-0.05, 0) is 48.9 Å². The summed E-state index contributed by atoms with van der Waals surface area (Å²) in [6.07, 6.45) is 3.44. The molecule has 1 atom stereocenters. The molecule has 0 saturated heterocycles. The van der Waals surface area contributed by atoms with E-state index in [1.165, 1.54) is 11.8 Å². The van der Waals surface area contributed by atoms with Gasteiger partial charge in [0.25, 0.3) is 0 Å². The summed E-state index contributed by atoms with van der Waals surface area (Å²) in [6.45, 7) is 2.41. The molecule has 32 heavy (non-hydrogen) atoms. The highest BCUT2D eigenvalue weighted by molar-refractivity contribution is 8.00. The molecular weight excluding hydrogens is 420 g/mol. The number of pyridine rings is 1. The van der Waals surface area contributed by atoms with E-state index in [0.29, 0.717) is 23.0 Å². The summed E-state index contributed by atoms with van der Waals surface area (Å²) >= 11 is 1.35. The lowest BCUT2D eigenvalue weighted by Crippen LogP contribution is -2.23. The number of aromatic nitrogens is 4. The fourth-order valence-corrected chi connectivity index (χ4v) is 3.93. The molecule has 0 aliphatic carbocycles. The number of amides is 1. The molecule has 158 valence electrons. The minimum absolute atomic E-state index is 0.153. The van der Waals surface area contributed by atoms with Gasteiger partial charge in [0.15, 0.2) is 11.0 Å². The van der Waals surface area contributed by atoms with Crippen molar-refractivity contribution in [1.29, 1.82) is 5.26 Å². The molecule has 2 heterocycles. The summed E-state index contributed by atoms with van der Waals surface area (Å²) in [5.41, 5.74) is 3.21. The molecule has 0 saturated carbocycles. The smallest absolute Gasteiger partial charge is 0.237 e. The average molecular weight is 441 g/mol. The van der Waals surface area contributed by atoms with Crippen LogP contribution < -0.4 is 5.32 Å². The Hall–Kier alpha value is -3.96. The molecule has 0 spiro atoms. The summed E-state index contributed by atoms with van der Waals surface area (Å²) in [5, 5.41) is 20.8. The molecule has 1 amide bonds. The first-order valence-corrected chi connectivity index (χ1v) is 10.9. The fraction of sp³-hybridized carbons (Fsp3) is 0.125. The number of benzene rings is 2. The van der Waals surface area contributed by atoms with Crippen LogP contribution in [0, 0.1) is 11.3 Å². The molecule has 0 aliphatic heterocycles. The maximum atomic E-state index is 12.8. The zero-order chi connectivity index (χ0) is 22.3. The average Bonchev–Trinajstić information content (AvgIpc) is 3.22. The van der Waals surface area contributed by atoms with Gasteiger partial charge in [0.05, 0.1) is 23.4 Å². The normalized spacial score (nSPS) is 11.5. The molecule has 0 aliphatic rings. The van der Waals surface area contributed by atoms with Gasteiger partial charge in [-0.3, -0.25) is 14.3 Å². The van der Waals surface area contributed by atoms with E-state index in [2.05, 4.69) is 26.6 Å². The maximum absolute atomic E-state index is 12.8. The standard InChI is InChI=1S/C24H20N6OS/c1-17(23(31)27-21-9-7-18(15-25)8-10-21)32-24-29-28-22(20-11-13-26-14-12-20)30(24)16-19-5-3-2-4-6-19/h2-14,17H,16H2,1H3,(H,27,31). The Kier molecular flexibility index (Phi) is 6.58. The molecule has 2 aromatic heterocycles. The second-order valence-electron chi connectivity index (χ2n) is 7.05. The zero-order valence-electron chi connectivity index (χ0n) is 17.3. The quantitative estimate of drug-likeness (QED) is 0.429. The summed E-state index contributed by atoms with van der Waals surface area (Å²) < 4.78 is 2.01. The number of thioether (sulfide) groups is 1. The van der Waals surface area contributed by atoms with E-state index in [1.807, 2.05) is 54.0 Å². The number of hydrogen-bond acceptors (Lipinski definition) is 6. The summed E-state index contributed by atoms with van der Waals surface area (Å²) in [6, 6.07) is 22.7. The molecule has 4 rings (SSSR count). The molecule has 7 nitrogen and oxygen atoms in total. The molecule has 1 N–H and O–H groups in total. The van der Waals surface area contributed by atoms with Crippen LogP contribution in [0.1, 0.15) is 18.1 Å². The predicted octanol–water partition coefficient (Wildman–Crippen LogP) is 4.38. The summed E-state index contributed by atoms with van der Waals surface area (Å²) in [5.74, 6) is 0.567. The van der Waals surface area contributed by atoms with E-state index in [-0.39, 0.29) is 5.91 Å². The lowest BCUT2D eigenvalue weighted by Gasteiger charge is -2.14. The van der Waals surface area contributed by atoms with Crippen LogP contribution in [-0.4, -0.2) is 30.9 Å². The Bertz CT molecular complexity index is 1230. The Labute approximate surface area is 190 Å². The van der Waals surface area contributed by atoms with Crippen molar-refractivity contribution in [3.8, 4) is 17.5 Å². The van der Waals surface area contributed by atoms with Gasteiger partial charge in [-0.25, -0.2) is 0 Å². The van der Waals surface area contributed by atoms with Gasteiger partial charge in [0, 0.05) is 23.6 Å². The van der Waals surface area contributed by atoms with E-state index < -0.39 is 5.25 Å². The number of nitrogens with one attached hydrogen (secondary N) is 1. The fourth-order valence-electron chi connectivity index (χ4n) is 3.08. The lowest BCUT2D eigenvalue weighted by atomic mass is 10.2. The van der Waals surface area contributed by atoms with E-state index in [4.69, 9.17) is 5.26 Å². The first-order chi connectivity index (χ1) is 15.6. The van der Waals surface area contributed by atoms with Crippen LogP contribution in [0.2, 0.25) is 0 Å². The van der Waals surface area contributed by atoms with Crippen molar-refractivity contribution in [3.05, 3.63) is 90.3 Å². The minimum atomic E-state index is -0.408. The number of hydrogen-bond donors (Lipinski definition) is 1. The molecule has 8 heteroatoms. The first-order valence-electron chi connectivity index (χ1n) is 9.99. The zero-order valence-corrected chi connectivity index (χ0v) is 18.2. The molecule has 2 aromatic carbocycles. The number of carbonyl (C=O) groups is 1. The lowest BCUT2D eigenvalue weighted by molar-refractivity contribution is -0.115. The number of anilines is 1. The van der Waals surface area contributed by atoms with E-state index in [1.54, 1.807) is 36.7 Å². The van der Waals surface area contributed by atoms with Crippen molar-refractivity contribution >= 4 is 23.4 Å². The molecule has 0 fully saturated rings. The topological polar surface area (TPSA) is 96.5 Å². The van der Waals surface area contributed by atoms with Crippen LogP contribution in [0.15, 0.2) is 84.3 Å². The van der Waals surface area contributed by atoms with Crippen molar-refractivity contribution in [3.63, 3.8) is 0 Å². The Morgan fingerprint density at radius 2 is 1.78 bits per heavy atom. The van der Waals surface area contributed by atoms with E-state index >= 15 is 0 Å². The van der Waals surface area contributed by atoms with Crippen molar-refractivity contribution in [2.45, 2.75) is 23.9 Å². The molecule has 1 unspecified atom stereocenters. The second-order valence-corrected chi connectivity index (χ2v) is 8.36. The van der Waals surface area contributed by atoms with E-state index in [9.17, 15) is 4.79 Å². The minimum Gasteiger partial charge on any atom is -0.325 e. The van der Waals surface area contributed by atoms with E-state index in [0.717, 1.165) is 17.0 Å². The van der Waals surface area contributed by atoms with Crippen LogP contribution in [0.5, 0.6) is 0 Å². The van der Waals surface area contributed by atoms with Crippen LogP contribution in [-0.2, 0) is 11.3 Å². The number of nitriles is 1. The van der Waals surface area contributed by atoms with Crippen LogP contribution in [0.25, 0.3) is 11.4 Å². The summed E-state index contributed by atoms with van der Waals surface area (Å²) in [7, 11) is 0. The van der Waals surface area contributed by atoms with Crippen LogP contribution in [0.4, 0.5) is 5.69 Å². The number of nitrogens with zero attached hydrogens (tertiary/aromatic N) is 5. The summed E-state index contributed by atoms with van der Waals surface area (Å²) in [4.78, 5) is 16.8. The highest BCUT2D eigenvalue weighted by Crippen LogP contribution is 2.28. The Morgan fingerprint density at radius 1 is 1.06 bits per heavy atom. The monoisotopic (exact) mass is 440 g/mol. The third-order valence-corrected chi connectivity index (χ3v) is 5.85. The van der Waals surface area contributed by atoms with Crippen LogP contribution in [0.3, 0.4) is 0 Å².